The first kappa shape index (κ1) is 12.2. The van der Waals surface area contributed by atoms with E-state index in [0.29, 0.717) is 23.9 Å². The van der Waals surface area contributed by atoms with Gasteiger partial charge in [0.1, 0.15) is 12.0 Å². The van der Waals surface area contributed by atoms with E-state index in [1.54, 1.807) is 0 Å². The Kier molecular flexibility index (Phi) is 3.61. The number of hydrogen-bond acceptors (Lipinski definition) is 6. The zero-order valence-corrected chi connectivity index (χ0v) is 10.4. The predicted octanol–water partition coefficient (Wildman–Crippen LogP) is 0.684. The highest BCUT2D eigenvalue weighted by atomic mass is 16.5. The fourth-order valence-corrected chi connectivity index (χ4v) is 1.56. The van der Waals surface area contributed by atoms with Crippen molar-refractivity contribution in [3.63, 3.8) is 0 Å². The van der Waals surface area contributed by atoms with E-state index in [0.717, 1.165) is 12.1 Å². The molecule has 0 aliphatic rings. The van der Waals surface area contributed by atoms with E-state index >= 15 is 0 Å². The summed E-state index contributed by atoms with van der Waals surface area (Å²) in [6.07, 6.45) is 5.21. The van der Waals surface area contributed by atoms with E-state index < -0.39 is 0 Å². The molecule has 18 heavy (non-hydrogen) atoms. The summed E-state index contributed by atoms with van der Waals surface area (Å²) in [5, 5.41) is 7.32. The topological polar surface area (TPSA) is 90.9 Å². The Hall–Kier alpha value is -2.31. The SMILES string of the molecule is COc1ncnc(NCCn2cc(C)cn2)c1N. The van der Waals surface area contributed by atoms with E-state index in [9.17, 15) is 0 Å². The van der Waals surface area contributed by atoms with E-state index in [2.05, 4.69) is 20.4 Å². The lowest BCUT2D eigenvalue weighted by Gasteiger charge is -2.09. The van der Waals surface area contributed by atoms with Gasteiger partial charge in [-0.05, 0) is 12.5 Å². The molecule has 0 aliphatic carbocycles. The number of aromatic nitrogens is 4. The Morgan fingerprint density at radius 2 is 2.28 bits per heavy atom. The molecule has 2 heterocycles. The van der Waals surface area contributed by atoms with Crippen molar-refractivity contribution in [2.45, 2.75) is 13.5 Å². The molecule has 0 saturated heterocycles. The van der Waals surface area contributed by atoms with Gasteiger partial charge in [0.25, 0.3) is 0 Å². The molecule has 3 N–H and O–H groups in total. The largest absolute Gasteiger partial charge is 0.479 e. The molecule has 7 heteroatoms. The summed E-state index contributed by atoms with van der Waals surface area (Å²) in [7, 11) is 1.52. The van der Waals surface area contributed by atoms with E-state index in [1.807, 2.05) is 24.0 Å². The normalized spacial score (nSPS) is 10.3. The predicted molar refractivity (Wildman–Crippen MR) is 68.5 cm³/mol. The molecule has 2 rings (SSSR count). The average Bonchev–Trinajstić information content (AvgIpc) is 2.77. The van der Waals surface area contributed by atoms with Crippen LogP contribution in [0.25, 0.3) is 0 Å². The van der Waals surface area contributed by atoms with Crippen molar-refractivity contribution in [1.82, 2.24) is 19.7 Å². The minimum Gasteiger partial charge on any atom is -0.479 e. The van der Waals surface area contributed by atoms with Crippen molar-refractivity contribution >= 4 is 11.5 Å². The highest BCUT2D eigenvalue weighted by molar-refractivity contribution is 5.66. The molecule has 2 aromatic heterocycles. The number of ether oxygens (including phenoxy) is 1. The fraction of sp³-hybridized carbons (Fsp3) is 0.364. The molecular weight excluding hydrogens is 232 g/mol. The number of anilines is 2. The van der Waals surface area contributed by atoms with Gasteiger partial charge in [0.2, 0.25) is 5.88 Å². The maximum atomic E-state index is 5.84. The number of rotatable bonds is 5. The molecule has 0 saturated carbocycles. The summed E-state index contributed by atoms with van der Waals surface area (Å²) in [5.41, 5.74) is 7.39. The van der Waals surface area contributed by atoms with Gasteiger partial charge in [0.05, 0.1) is 19.9 Å². The number of nitrogens with two attached hydrogens (primary N) is 1. The lowest BCUT2D eigenvalue weighted by Crippen LogP contribution is -2.13. The average molecular weight is 248 g/mol. The van der Waals surface area contributed by atoms with Crippen LogP contribution in [0.5, 0.6) is 5.88 Å². The molecule has 96 valence electrons. The van der Waals surface area contributed by atoms with Crippen molar-refractivity contribution in [2.75, 3.05) is 24.7 Å². The van der Waals surface area contributed by atoms with E-state index in [1.165, 1.54) is 13.4 Å². The van der Waals surface area contributed by atoms with Gasteiger partial charge in [-0.1, -0.05) is 0 Å². The van der Waals surface area contributed by atoms with Crippen LogP contribution in [0.3, 0.4) is 0 Å². The maximum absolute atomic E-state index is 5.84. The van der Waals surface area contributed by atoms with Crippen LogP contribution < -0.4 is 15.8 Å². The standard InChI is InChI=1S/C11H16N6O/c1-8-5-16-17(6-8)4-3-13-10-9(12)11(18-2)15-7-14-10/h5-7H,3-4,12H2,1-2H3,(H,13,14,15). The van der Waals surface area contributed by atoms with Crippen LogP contribution in [0, 0.1) is 6.92 Å². The van der Waals surface area contributed by atoms with Crippen LogP contribution in [-0.4, -0.2) is 33.4 Å². The molecule has 0 aromatic carbocycles. The zero-order chi connectivity index (χ0) is 13.0. The van der Waals surface area contributed by atoms with Gasteiger partial charge in [-0.15, -0.1) is 0 Å². The summed E-state index contributed by atoms with van der Waals surface area (Å²) < 4.78 is 6.88. The molecule has 0 aliphatic heterocycles. The van der Waals surface area contributed by atoms with Crippen LogP contribution >= 0.6 is 0 Å². The Morgan fingerprint density at radius 3 is 2.94 bits per heavy atom. The second-order valence-corrected chi connectivity index (χ2v) is 3.85. The van der Waals surface area contributed by atoms with Gasteiger partial charge in [0.15, 0.2) is 5.82 Å². The quantitative estimate of drug-likeness (QED) is 0.808. The first-order valence-corrected chi connectivity index (χ1v) is 5.58. The lowest BCUT2D eigenvalue weighted by atomic mass is 10.4. The monoisotopic (exact) mass is 248 g/mol. The number of nitrogens with one attached hydrogen (secondary N) is 1. The van der Waals surface area contributed by atoms with Gasteiger partial charge in [-0.25, -0.2) is 4.98 Å². The van der Waals surface area contributed by atoms with Crippen LogP contribution in [0.1, 0.15) is 5.56 Å². The molecule has 0 fully saturated rings. The highest BCUT2D eigenvalue weighted by Gasteiger charge is 2.07. The molecule has 0 atom stereocenters. The van der Waals surface area contributed by atoms with Crippen molar-refractivity contribution in [2.24, 2.45) is 0 Å². The molecule has 0 amide bonds. The highest BCUT2D eigenvalue weighted by Crippen LogP contribution is 2.23. The Bertz CT molecular complexity index is 524. The molecule has 0 unspecified atom stereocenters. The third kappa shape index (κ3) is 2.68. The number of nitrogen functional groups attached to an aromatic ring is 1. The Balaban J connectivity index is 1.94. The smallest absolute Gasteiger partial charge is 0.242 e. The number of aryl methyl sites for hydroxylation is 1. The molecule has 7 nitrogen and oxygen atoms in total. The van der Waals surface area contributed by atoms with E-state index in [-0.39, 0.29) is 0 Å². The summed E-state index contributed by atoms with van der Waals surface area (Å²) in [4.78, 5) is 7.98. The van der Waals surface area contributed by atoms with Gasteiger partial charge < -0.3 is 15.8 Å². The second kappa shape index (κ2) is 5.35. The molecule has 2 aromatic rings. The lowest BCUT2D eigenvalue weighted by molar-refractivity contribution is 0.399. The number of hydrogen-bond donors (Lipinski definition) is 2. The van der Waals surface area contributed by atoms with Gasteiger partial charge in [-0.3, -0.25) is 4.68 Å². The number of nitrogens with zero attached hydrogens (tertiary/aromatic N) is 4. The Morgan fingerprint density at radius 1 is 1.44 bits per heavy atom. The van der Waals surface area contributed by atoms with Gasteiger partial charge >= 0.3 is 0 Å². The minimum atomic E-state index is 0.377. The Labute approximate surface area is 105 Å². The van der Waals surface area contributed by atoms with Crippen molar-refractivity contribution < 1.29 is 4.74 Å². The van der Waals surface area contributed by atoms with Crippen molar-refractivity contribution in [1.29, 1.82) is 0 Å². The third-order valence-electron chi connectivity index (χ3n) is 2.44. The summed E-state index contributed by atoms with van der Waals surface area (Å²) in [5.74, 6) is 0.952. The van der Waals surface area contributed by atoms with Gasteiger partial charge in [0, 0.05) is 12.7 Å². The van der Waals surface area contributed by atoms with Crippen molar-refractivity contribution in [3.05, 3.63) is 24.3 Å². The first-order chi connectivity index (χ1) is 8.70. The number of methoxy groups -OCH3 is 1. The van der Waals surface area contributed by atoms with Gasteiger partial charge in [-0.2, -0.15) is 10.1 Å². The zero-order valence-electron chi connectivity index (χ0n) is 10.4. The summed E-state index contributed by atoms with van der Waals surface area (Å²) in [6.45, 7) is 3.41. The fourth-order valence-electron chi connectivity index (χ4n) is 1.56. The van der Waals surface area contributed by atoms with Crippen LogP contribution in [0.4, 0.5) is 11.5 Å². The van der Waals surface area contributed by atoms with Crippen LogP contribution in [0.2, 0.25) is 0 Å². The third-order valence-corrected chi connectivity index (χ3v) is 2.44. The van der Waals surface area contributed by atoms with Crippen molar-refractivity contribution in [3.8, 4) is 5.88 Å². The summed E-state index contributed by atoms with van der Waals surface area (Å²) in [6, 6.07) is 0. The van der Waals surface area contributed by atoms with Crippen LogP contribution in [-0.2, 0) is 6.54 Å². The molecule has 0 spiro atoms. The minimum absolute atomic E-state index is 0.377. The second-order valence-electron chi connectivity index (χ2n) is 3.85. The maximum Gasteiger partial charge on any atom is 0.242 e. The van der Waals surface area contributed by atoms with Crippen LogP contribution in [0.15, 0.2) is 18.7 Å². The first-order valence-electron chi connectivity index (χ1n) is 5.58. The molecular formula is C11H16N6O. The molecule has 0 bridgehead atoms. The summed E-state index contributed by atoms with van der Waals surface area (Å²) >= 11 is 0. The molecule has 0 radical (unpaired) electrons. The van der Waals surface area contributed by atoms with E-state index in [4.69, 9.17) is 10.5 Å².